The van der Waals surface area contributed by atoms with Gasteiger partial charge in [0, 0.05) is 6.20 Å². The molecular formula is C14H11ClF4N2O2. The SMILES string of the molecule is CCOC(=O)c1c(/C(F)=C(\F)C(F)(F)Cl)nc2cc(C)ccn12. The van der Waals surface area contributed by atoms with Crippen LogP contribution in [0.1, 0.15) is 28.7 Å². The Bertz CT molecular complexity index is 796. The minimum absolute atomic E-state index is 0.0448. The molecule has 0 amide bonds. The maximum Gasteiger partial charge on any atom is 0.376 e. The fraction of sp³-hybridized carbons (Fsp3) is 0.286. The molecule has 0 atom stereocenters. The molecule has 0 fully saturated rings. The summed E-state index contributed by atoms with van der Waals surface area (Å²) in [5.74, 6) is -5.57. The van der Waals surface area contributed by atoms with Gasteiger partial charge in [0.1, 0.15) is 11.3 Å². The van der Waals surface area contributed by atoms with Gasteiger partial charge >= 0.3 is 11.4 Å². The molecule has 0 aliphatic rings. The average Bonchev–Trinajstić information content (AvgIpc) is 2.83. The molecule has 0 saturated heterocycles. The van der Waals surface area contributed by atoms with Crippen molar-refractivity contribution in [1.82, 2.24) is 9.38 Å². The number of halogens is 5. The molecule has 0 aliphatic carbocycles. The first-order valence-corrected chi connectivity index (χ1v) is 6.83. The van der Waals surface area contributed by atoms with Crippen LogP contribution in [0.15, 0.2) is 24.2 Å². The fourth-order valence-corrected chi connectivity index (χ4v) is 2.01. The van der Waals surface area contributed by atoms with Crippen molar-refractivity contribution in [2.24, 2.45) is 0 Å². The smallest absolute Gasteiger partial charge is 0.376 e. The molecule has 0 bridgehead atoms. The second-order valence-electron chi connectivity index (χ2n) is 4.59. The summed E-state index contributed by atoms with van der Waals surface area (Å²) < 4.78 is 59.0. The van der Waals surface area contributed by atoms with E-state index in [4.69, 9.17) is 4.74 Å². The highest BCUT2D eigenvalue weighted by atomic mass is 35.5. The molecule has 2 rings (SSSR count). The molecule has 2 aromatic heterocycles. The first-order valence-electron chi connectivity index (χ1n) is 6.45. The van der Waals surface area contributed by atoms with Gasteiger partial charge in [0.15, 0.2) is 11.5 Å². The van der Waals surface area contributed by atoms with Crippen molar-refractivity contribution in [2.75, 3.05) is 6.61 Å². The molecule has 23 heavy (non-hydrogen) atoms. The zero-order valence-electron chi connectivity index (χ0n) is 12.0. The van der Waals surface area contributed by atoms with Crippen LogP contribution in [0.3, 0.4) is 0 Å². The number of esters is 1. The summed E-state index contributed by atoms with van der Waals surface area (Å²) in [4.78, 5) is 15.7. The van der Waals surface area contributed by atoms with E-state index in [1.165, 1.54) is 19.2 Å². The Morgan fingerprint density at radius 2 is 2.09 bits per heavy atom. The Morgan fingerprint density at radius 1 is 1.43 bits per heavy atom. The number of aryl methyl sites for hydroxylation is 1. The first-order chi connectivity index (χ1) is 10.7. The number of rotatable bonds is 4. The van der Waals surface area contributed by atoms with E-state index in [1.54, 1.807) is 13.0 Å². The number of imidazole rings is 1. The summed E-state index contributed by atoms with van der Waals surface area (Å²) in [5.41, 5.74) is -0.608. The number of fused-ring (bicyclic) bond motifs is 1. The summed E-state index contributed by atoms with van der Waals surface area (Å²) in [5, 5.41) is -4.55. The molecular weight excluding hydrogens is 340 g/mol. The maximum absolute atomic E-state index is 14.1. The zero-order chi connectivity index (χ0) is 17.4. The topological polar surface area (TPSA) is 43.6 Å². The third-order valence-corrected chi connectivity index (χ3v) is 3.07. The number of aromatic nitrogens is 2. The van der Waals surface area contributed by atoms with Gasteiger partial charge in [-0.15, -0.1) is 0 Å². The lowest BCUT2D eigenvalue weighted by molar-refractivity contribution is 0.0517. The molecule has 2 heterocycles. The van der Waals surface area contributed by atoms with Gasteiger partial charge in [-0.1, -0.05) is 0 Å². The van der Waals surface area contributed by atoms with E-state index in [1.807, 2.05) is 0 Å². The maximum atomic E-state index is 14.1. The Labute approximate surface area is 133 Å². The number of ether oxygens (including phenoxy) is 1. The molecule has 0 aliphatic heterocycles. The van der Waals surface area contributed by atoms with Crippen molar-refractivity contribution in [2.45, 2.75) is 19.2 Å². The monoisotopic (exact) mass is 350 g/mol. The van der Waals surface area contributed by atoms with Crippen LogP contribution in [0.4, 0.5) is 17.6 Å². The Kier molecular flexibility index (Phi) is 4.65. The Hall–Kier alpha value is -2.09. The molecule has 0 aromatic carbocycles. The third kappa shape index (κ3) is 3.31. The minimum Gasteiger partial charge on any atom is -0.461 e. The molecule has 4 nitrogen and oxygen atoms in total. The van der Waals surface area contributed by atoms with E-state index in [0.29, 0.717) is 0 Å². The number of pyridine rings is 1. The molecule has 0 radical (unpaired) electrons. The highest BCUT2D eigenvalue weighted by Gasteiger charge is 2.38. The lowest BCUT2D eigenvalue weighted by Gasteiger charge is -2.07. The molecule has 0 saturated carbocycles. The summed E-state index contributed by atoms with van der Waals surface area (Å²) in [7, 11) is 0. The molecule has 0 N–H and O–H groups in total. The lowest BCUT2D eigenvalue weighted by atomic mass is 10.2. The van der Waals surface area contributed by atoms with Gasteiger partial charge in [-0.05, 0) is 43.1 Å². The normalized spacial score (nSPS) is 13.2. The van der Waals surface area contributed by atoms with Crippen LogP contribution in [-0.2, 0) is 4.74 Å². The largest absolute Gasteiger partial charge is 0.461 e. The summed E-state index contributed by atoms with van der Waals surface area (Å²) in [6.45, 7) is 3.17. The van der Waals surface area contributed by atoms with Crippen LogP contribution < -0.4 is 0 Å². The van der Waals surface area contributed by atoms with Gasteiger partial charge in [-0.2, -0.15) is 8.78 Å². The molecule has 124 valence electrons. The van der Waals surface area contributed by atoms with E-state index >= 15 is 0 Å². The molecule has 9 heteroatoms. The van der Waals surface area contributed by atoms with Crippen molar-refractivity contribution < 1.29 is 27.1 Å². The third-order valence-electron chi connectivity index (χ3n) is 2.90. The van der Waals surface area contributed by atoms with E-state index in [0.717, 1.165) is 9.96 Å². The van der Waals surface area contributed by atoms with Gasteiger partial charge in [0.05, 0.1) is 6.61 Å². The van der Waals surface area contributed by atoms with E-state index in [-0.39, 0.29) is 12.3 Å². The van der Waals surface area contributed by atoms with Crippen molar-refractivity contribution in [1.29, 1.82) is 0 Å². The van der Waals surface area contributed by atoms with Gasteiger partial charge in [-0.3, -0.25) is 4.40 Å². The van der Waals surface area contributed by atoms with Gasteiger partial charge in [-0.25, -0.2) is 18.6 Å². The van der Waals surface area contributed by atoms with Crippen LogP contribution in [-0.4, -0.2) is 27.3 Å². The minimum atomic E-state index is -4.55. The van der Waals surface area contributed by atoms with Crippen molar-refractivity contribution in [3.8, 4) is 0 Å². The second kappa shape index (κ2) is 6.19. The number of carbonyl (C=O) groups is 1. The fourth-order valence-electron chi connectivity index (χ4n) is 1.92. The number of nitrogens with zero attached hydrogens (tertiary/aromatic N) is 2. The number of allylic oxidation sites excluding steroid dienone is 1. The summed E-state index contributed by atoms with van der Waals surface area (Å²) in [6.07, 6.45) is 1.37. The second-order valence-corrected chi connectivity index (χ2v) is 5.06. The number of alkyl halides is 3. The summed E-state index contributed by atoms with van der Waals surface area (Å²) >= 11 is 4.49. The van der Waals surface area contributed by atoms with Crippen LogP contribution in [0.25, 0.3) is 11.5 Å². The Balaban J connectivity index is 2.77. The van der Waals surface area contributed by atoms with E-state index in [2.05, 4.69) is 16.6 Å². The van der Waals surface area contributed by atoms with Crippen LogP contribution >= 0.6 is 11.6 Å². The first kappa shape index (κ1) is 17.3. The Morgan fingerprint density at radius 3 is 2.65 bits per heavy atom. The van der Waals surface area contributed by atoms with Crippen LogP contribution in [0, 0.1) is 6.92 Å². The number of carbonyl (C=O) groups excluding carboxylic acids is 1. The van der Waals surface area contributed by atoms with E-state index in [9.17, 15) is 22.4 Å². The molecule has 0 spiro atoms. The number of hydrogen-bond donors (Lipinski definition) is 0. The van der Waals surface area contributed by atoms with Crippen molar-refractivity contribution in [3.63, 3.8) is 0 Å². The molecule has 0 unspecified atom stereocenters. The molecule has 2 aromatic rings. The standard InChI is InChI=1S/C14H11ClF4N2O2/c1-3-23-13(22)11-10(9(16)12(17)14(15,18)19)20-8-6-7(2)4-5-21(8)11/h4-6H,3H2,1-2H3/b12-9+. The van der Waals surface area contributed by atoms with Gasteiger partial charge < -0.3 is 4.74 Å². The highest BCUT2D eigenvalue weighted by molar-refractivity contribution is 6.23. The van der Waals surface area contributed by atoms with Gasteiger partial charge in [0.25, 0.3) is 0 Å². The van der Waals surface area contributed by atoms with Crippen molar-refractivity contribution >= 4 is 29.0 Å². The van der Waals surface area contributed by atoms with Gasteiger partial charge in [0.2, 0.25) is 5.83 Å². The van der Waals surface area contributed by atoms with Crippen LogP contribution in [0.2, 0.25) is 0 Å². The van der Waals surface area contributed by atoms with Crippen LogP contribution in [0.5, 0.6) is 0 Å². The van der Waals surface area contributed by atoms with E-state index < -0.39 is 34.4 Å². The quantitative estimate of drug-likeness (QED) is 0.470. The number of hydrogen-bond acceptors (Lipinski definition) is 3. The summed E-state index contributed by atoms with van der Waals surface area (Å²) in [6, 6.07) is 3.05. The highest BCUT2D eigenvalue weighted by Crippen LogP contribution is 2.37. The lowest BCUT2D eigenvalue weighted by Crippen LogP contribution is -2.12. The predicted octanol–water partition coefficient (Wildman–Crippen LogP) is 4.26. The zero-order valence-corrected chi connectivity index (χ0v) is 12.8. The van der Waals surface area contributed by atoms with Crippen molar-refractivity contribution in [3.05, 3.63) is 41.1 Å². The predicted molar refractivity (Wildman–Crippen MR) is 75.8 cm³/mol. The average molecular weight is 351 g/mol.